The van der Waals surface area contributed by atoms with Crippen LogP contribution in [0, 0.1) is 11.2 Å². The number of nitrogens with zero attached hydrogens (tertiary/aromatic N) is 2. The highest BCUT2D eigenvalue weighted by atomic mass is 19.1. The maximum atomic E-state index is 14.5. The van der Waals surface area contributed by atoms with Gasteiger partial charge in [0.25, 0.3) is 0 Å². The number of aromatic nitrogens is 1. The summed E-state index contributed by atoms with van der Waals surface area (Å²) in [4.78, 5) is 17.2. The minimum Gasteiger partial charge on any atom is -0.441 e. The van der Waals surface area contributed by atoms with Crippen LogP contribution in [0.25, 0.3) is 11.1 Å². The van der Waals surface area contributed by atoms with Gasteiger partial charge in [0.05, 0.1) is 18.3 Å². The van der Waals surface area contributed by atoms with Crippen LogP contribution < -0.4 is 10.6 Å². The second kappa shape index (κ2) is 6.48. The molecule has 0 aliphatic carbocycles. The van der Waals surface area contributed by atoms with Crippen molar-refractivity contribution in [2.24, 2.45) is 5.73 Å². The number of carbonyl (C=O) groups excluding carboxylic acids is 1. The molecule has 0 saturated carbocycles. The maximum absolute atomic E-state index is 14.5. The number of nitrogens with one attached hydrogen (secondary N) is 1. The van der Waals surface area contributed by atoms with E-state index in [1.165, 1.54) is 36.2 Å². The first-order valence-electron chi connectivity index (χ1n) is 7.63. The van der Waals surface area contributed by atoms with Crippen LogP contribution in [-0.4, -0.2) is 40.8 Å². The molecule has 0 radical (unpaired) electrons. The van der Waals surface area contributed by atoms with Gasteiger partial charge in [0.2, 0.25) is 0 Å². The third-order valence-electron chi connectivity index (χ3n) is 3.99. The number of amides is 1. The Labute approximate surface area is 143 Å². The van der Waals surface area contributed by atoms with Gasteiger partial charge >= 0.3 is 6.09 Å². The van der Waals surface area contributed by atoms with E-state index in [0.717, 1.165) is 0 Å². The van der Waals surface area contributed by atoms with Crippen molar-refractivity contribution < 1.29 is 19.0 Å². The molecule has 1 aromatic carbocycles. The van der Waals surface area contributed by atoms with Crippen molar-refractivity contribution in [3.05, 3.63) is 48.0 Å². The number of hydrogen-bond donors (Lipinski definition) is 3. The zero-order valence-corrected chi connectivity index (χ0v) is 13.4. The Morgan fingerprint density at radius 2 is 2.24 bits per heavy atom. The number of cyclic esters (lactones) is 1. The van der Waals surface area contributed by atoms with Crippen LogP contribution >= 0.6 is 0 Å². The summed E-state index contributed by atoms with van der Waals surface area (Å²) in [5.41, 5.74) is 6.85. The number of nitrogens with two attached hydrogens (primary N) is 1. The number of carbonyl (C=O) groups is 1. The number of pyridine rings is 1. The fourth-order valence-corrected chi connectivity index (χ4v) is 2.57. The summed E-state index contributed by atoms with van der Waals surface area (Å²) in [6.45, 7) is 1.69. The van der Waals surface area contributed by atoms with Gasteiger partial charge in [-0.15, -0.1) is 0 Å². The Kier molecular flexibility index (Phi) is 4.37. The molecule has 1 aliphatic heterocycles. The van der Waals surface area contributed by atoms with Gasteiger partial charge in [0.15, 0.2) is 0 Å². The van der Waals surface area contributed by atoms with Crippen LogP contribution in [0.1, 0.15) is 12.6 Å². The average Bonchev–Trinajstić information content (AvgIpc) is 2.97. The van der Waals surface area contributed by atoms with E-state index in [-0.39, 0.29) is 12.4 Å². The minimum absolute atomic E-state index is 0.157. The van der Waals surface area contributed by atoms with E-state index in [0.29, 0.717) is 22.5 Å². The van der Waals surface area contributed by atoms with Gasteiger partial charge in [-0.05, 0) is 31.2 Å². The number of anilines is 1. The Hall–Kier alpha value is -3.00. The molecule has 1 amide bonds. The monoisotopic (exact) mass is 344 g/mol. The van der Waals surface area contributed by atoms with Gasteiger partial charge in [-0.3, -0.25) is 15.3 Å². The molecule has 8 heteroatoms. The highest BCUT2D eigenvalue weighted by Gasteiger charge is 2.35. The Morgan fingerprint density at radius 1 is 1.48 bits per heavy atom. The average molecular weight is 344 g/mol. The molecule has 2 heterocycles. The molecule has 7 nitrogen and oxygen atoms in total. The Balaban J connectivity index is 1.86. The molecule has 0 spiro atoms. The molecule has 1 aromatic heterocycles. The molecule has 130 valence electrons. The van der Waals surface area contributed by atoms with Crippen LogP contribution in [0.5, 0.6) is 0 Å². The summed E-state index contributed by atoms with van der Waals surface area (Å²) in [5.74, 6) is -0.689. The van der Waals surface area contributed by atoms with Crippen molar-refractivity contribution in [1.29, 1.82) is 5.41 Å². The summed E-state index contributed by atoms with van der Waals surface area (Å²) < 4.78 is 19.6. The smallest absolute Gasteiger partial charge is 0.414 e. The Bertz CT molecular complexity index is 823. The van der Waals surface area contributed by atoms with Crippen molar-refractivity contribution in [3.63, 3.8) is 0 Å². The molecule has 0 bridgehead atoms. The highest BCUT2D eigenvalue weighted by molar-refractivity contribution is 5.93. The second-order valence-corrected chi connectivity index (χ2v) is 5.78. The topological polar surface area (TPSA) is 113 Å². The number of halogens is 1. The molecule has 25 heavy (non-hydrogen) atoms. The third-order valence-corrected chi connectivity index (χ3v) is 3.99. The first-order chi connectivity index (χ1) is 11.9. The SMILES string of the molecule is C[C@H](O)[C@H]1CN(c2ccc(-c3ccc(C(=N)N)nc3)c(F)c2)C(=O)O1. The predicted molar refractivity (Wildman–Crippen MR) is 89.9 cm³/mol. The van der Waals surface area contributed by atoms with Crippen molar-refractivity contribution in [1.82, 2.24) is 4.98 Å². The number of hydrogen-bond acceptors (Lipinski definition) is 5. The lowest BCUT2D eigenvalue weighted by molar-refractivity contribution is 0.0437. The normalized spacial score (nSPS) is 18.1. The fraction of sp³-hybridized carbons (Fsp3) is 0.235. The summed E-state index contributed by atoms with van der Waals surface area (Å²) in [6, 6.07) is 7.53. The van der Waals surface area contributed by atoms with Gasteiger partial charge < -0.3 is 15.6 Å². The van der Waals surface area contributed by atoms with Crippen molar-refractivity contribution in [2.75, 3.05) is 11.4 Å². The summed E-state index contributed by atoms with van der Waals surface area (Å²) in [7, 11) is 0. The molecular weight excluding hydrogens is 327 g/mol. The molecule has 1 aliphatic rings. The number of aliphatic hydroxyl groups excluding tert-OH is 1. The van der Waals surface area contributed by atoms with Crippen LogP contribution in [0.15, 0.2) is 36.5 Å². The lowest BCUT2D eigenvalue weighted by atomic mass is 10.1. The van der Waals surface area contributed by atoms with E-state index in [2.05, 4.69) is 4.98 Å². The molecule has 3 rings (SSSR count). The van der Waals surface area contributed by atoms with Crippen LogP contribution in [0.4, 0.5) is 14.9 Å². The molecule has 2 atom stereocenters. The Morgan fingerprint density at radius 3 is 2.76 bits per heavy atom. The van der Waals surface area contributed by atoms with Crippen LogP contribution in [-0.2, 0) is 4.74 Å². The van der Waals surface area contributed by atoms with E-state index in [9.17, 15) is 14.3 Å². The number of nitrogen functional groups attached to an aromatic ring is 1. The van der Waals surface area contributed by atoms with Crippen molar-refractivity contribution >= 4 is 17.6 Å². The van der Waals surface area contributed by atoms with E-state index in [1.54, 1.807) is 12.1 Å². The second-order valence-electron chi connectivity index (χ2n) is 5.78. The number of benzene rings is 1. The summed E-state index contributed by atoms with van der Waals surface area (Å²) >= 11 is 0. The van der Waals surface area contributed by atoms with Crippen LogP contribution in [0.2, 0.25) is 0 Å². The largest absolute Gasteiger partial charge is 0.441 e. The molecule has 1 saturated heterocycles. The quantitative estimate of drug-likeness (QED) is 0.579. The third kappa shape index (κ3) is 3.29. The maximum Gasteiger partial charge on any atom is 0.414 e. The fourth-order valence-electron chi connectivity index (χ4n) is 2.57. The van der Waals surface area contributed by atoms with Gasteiger partial charge in [-0.25, -0.2) is 9.18 Å². The first-order valence-corrected chi connectivity index (χ1v) is 7.63. The predicted octanol–water partition coefficient (Wildman–Crippen LogP) is 1.88. The number of amidine groups is 1. The van der Waals surface area contributed by atoms with E-state index in [1.807, 2.05) is 0 Å². The lowest BCUT2D eigenvalue weighted by Crippen LogP contribution is -2.29. The van der Waals surface area contributed by atoms with E-state index < -0.39 is 24.1 Å². The molecule has 0 unspecified atom stereocenters. The zero-order valence-electron chi connectivity index (χ0n) is 13.4. The molecule has 2 aromatic rings. The van der Waals surface area contributed by atoms with Crippen molar-refractivity contribution in [2.45, 2.75) is 19.1 Å². The van der Waals surface area contributed by atoms with Crippen LogP contribution in [0.3, 0.4) is 0 Å². The van der Waals surface area contributed by atoms with E-state index in [4.69, 9.17) is 15.9 Å². The summed E-state index contributed by atoms with van der Waals surface area (Å²) in [5, 5.41) is 16.9. The van der Waals surface area contributed by atoms with E-state index >= 15 is 0 Å². The van der Waals surface area contributed by atoms with Gasteiger partial charge in [-0.2, -0.15) is 0 Å². The van der Waals surface area contributed by atoms with Crippen molar-refractivity contribution in [3.8, 4) is 11.1 Å². The van der Waals surface area contributed by atoms with Gasteiger partial charge in [-0.1, -0.05) is 6.07 Å². The number of ether oxygens (including phenoxy) is 1. The summed E-state index contributed by atoms with van der Waals surface area (Å²) in [6.07, 6.45) is -0.629. The standard InChI is InChI=1S/C17H17FN4O3/c1-9(23)15-8-22(17(24)25-15)11-3-4-12(13(18)6-11)10-2-5-14(16(19)20)21-7-10/h2-7,9,15,23H,8H2,1H3,(H3,19,20)/t9-,15+/m0/s1. The minimum atomic E-state index is -0.802. The molecule has 1 fully saturated rings. The number of aliphatic hydroxyl groups is 1. The first kappa shape index (κ1) is 16.8. The van der Waals surface area contributed by atoms with Gasteiger partial charge in [0, 0.05) is 17.3 Å². The highest BCUT2D eigenvalue weighted by Crippen LogP contribution is 2.29. The molecular formula is C17H17FN4O3. The van der Waals surface area contributed by atoms with Gasteiger partial charge in [0.1, 0.15) is 23.5 Å². The zero-order chi connectivity index (χ0) is 18.1. The molecule has 4 N–H and O–H groups in total. The number of rotatable bonds is 4. The lowest BCUT2D eigenvalue weighted by Gasteiger charge is -2.15.